The third-order valence-electron chi connectivity index (χ3n) is 3.38. The highest BCUT2D eigenvalue weighted by Crippen LogP contribution is 2.21. The zero-order chi connectivity index (χ0) is 17.6. The molecule has 0 fully saturated rings. The normalized spacial score (nSPS) is 10.6. The maximum atomic E-state index is 12.2. The Morgan fingerprint density at radius 1 is 1.36 bits per heavy atom. The van der Waals surface area contributed by atoms with Crippen molar-refractivity contribution in [1.82, 2.24) is 35.3 Å². The number of hydrogen-bond acceptors (Lipinski definition) is 7. The van der Waals surface area contributed by atoms with Gasteiger partial charge in [0.05, 0.1) is 18.9 Å². The van der Waals surface area contributed by atoms with Crippen LogP contribution in [-0.2, 0) is 7.05 Å². The maximum Gasteiger partial charge on any atom is 0.254 e. The van der Waals surface area contributed by atoms with Gasteiger partial charge >= 0.3 is 0 Å². The summed E-state index contributed by atoms with van der Waals surface area (Å²) in [5.74, 6) is 1.17. The van der Waals surface area contributed by atoms with E-state index in [0.29, 0.717) is 28.8 Å². The molecule has 1 amide bonds. The molecule has 0 saturated heterocycles. The minimum Gasteiger partial charge on any atom is -0.494 e. The van der Waals surface area contributed by atoms with Gasteiger partial charge in [0.1, 0.15) is 11.4 Å². The number of tetrazole rings is 1. The molecule has 3 aromatic rings. The van der Waals surface area contributed by atoms with Crippen LogP contribution < -0.4 is 10.1 Å². The molecule has 1 N–H and O–H groups in total. The number of benzene rings is 1. The van der Waals surface area contributed by atoms with E-state index in [9.17, 15) is 4.79 Å². The van der Waals surface area contributed by atoms with Crippen molar-refractivity contribution < 1.29 is 9.53 Å². The number of aryl methyl sites for hydroxylation is 1. The topological polar surface area (TPSA) is 99.7 Å². The molecule has 0 atom stereocenters. The average molecular weight is 359 g/mol. The van der Waals surface area contributed by atoms with Crippen molar-refractivity contribution in [2.24, 2.45) is 7.05 Å². The fourth-order valence-electron chi connectivity index (χ4n) is 2.14. The Balaban J connectivity index is 1.56. The number of methoxy groups -OCH3 is 1. The highest BCUT2D eigenvalue weighted by Gasteiger charge is 2.11. The van der Waals surface area contributed by atoms with Gasteiger partial charge in [0.15, 0.2) is 0 Å². The molecule has 3 rings (SSSR count). The highest BCUT2D eigenvalue weighted by atomic mass is 32.2. The summed E-state index contributed by atoms with van der Waals surface area (Å²) < 4.78 is 8.52. The van der Waals surface area contributed by atoms with Crippen molar-refractivity contribution in [2.45, 2.75) is 5.16 Å². The number of amides is 1. The Morgan fingerprint density at radius 3 is 2.96 bits per heavy atom. The van der Waals surface area contributed by atoms with E-state index in [2.05, 4.69) is 25.9 Å². The summed E-state index contributed by atoms with van der Waals surface area (Å²) in [6.45, 7) is 0.496. The second-order valence-electron chi connectivity index (χ2n) is 5.03. The van der Waals surface area contributed by atoms with E-state index >= 15 is 0 Å². The number of aromatic nitrogens is 6. The molecule has 1 aromatic carbocycles. The van der Waals surface area contributed by atoms with Crippen LogP contribution in [0, 0.1) is 0 Å². The Kier molecular flexibility index (Phi) is 5.29. The number of carbonyl (C=O) groups excluding carboxylic acids is 1. The Labute approximate surface area is 148 Å². The summed E-state index contributed by atoms with van der Waals surface area (Å²) in [4.78, 5) is 12.2. The molecule has 130 valence electrons. The van der Waals surface area contributed by atoms with Crippen LogP contribution >= 0.6 is 11.8 Å². The standard InChI is InChI=1S/C15H17N7O2S/c1-21-15(18-19-20-21)25-8-7-16-14(23)11-9-17-22(10-11)12-5-3-4-6-13(12)24-2/h3-6,9-10H,7-8H2,1-2H3,(H,16,23). The van der Waals surface area contributed by atoms with Gasteiger partial charge in [-0.25, -0.2) is 9.36 Å². The number of hydrogen-bond donors (Lipinski definition) is 1. The van der Waals surface area contributed by atoms with Gasteiger partial charge in [-0.1, -0.05) is 23.9 Å². The van der Waals surface area contributed by atoms with Gasteiger partial charge in [0.2, 0.25) is 5.16 Å². The first kappa shape index (κ1) is 17.0. The number of thioether (sulfide) groups is 1. The van der Waals surface area contributed by atoms with Crippen LogP contribution in [0.2, 0.25) is 0 Å². The van der Waals surface area contributed by atoms with Gasteiger partial charge < -0.3 is 10.1 Å². The average Bonchev–Trinajstić information content (AvgIpc) is 3.28. The van der Waals surface area contributed by atoms with E-state index in [-0.39, 0.29) is 5.91 Å². The van der Waals surface area contributed by atoms with Crippen molar-refractivity contribution in [3.05, 3.63) is 42.2 Å². The van der Waals surface area contributed by atoms with Gasteiger partial charge in [-0.2, -0.15) is 5.10 Å². The lowest BCUT2D eigenvalue weighted by Gasteiger charge is -2.07. The SMILES string of the molecule is COc1ccccc1-n1cc(C(=O)NCCSc2nnnn2C)cn1. The van der Waals surface area contributed by atoms with Crippen molar-refractivity contribution in [3.8, 4) is 11.4 Å². The summed E-state index contributed by atoms with van der Waals surface area (Å²) in [6, 6.07) is 7.48. The molecule has 0 radical (unpaired) electrons. The van der Waals surface area contributed by atoms with Crippen LogP contribution in [0.25, 0.3) is 5.69 Å². The maximum absolute atomic E-state index is 12.2. The van der Waals surface area contributed by atoms with Crippen LogP contribution in [0.15, 0.2) is 41.8 Å². The van der Waals surface area contributed by atoms with E-state index in [1.165, 1.54) is 18.0 Å². The minimum atomic E-state index is -0.183. The van der Waals surface area contributed by atoms with Crippen LogP contribution in [0.1, 0.15) is 10.4 Å². The van der Waals surface area contributed by atoms with Gasteiger partial charge in [-0.15, -0.1) is 5.10 Å². The summed E-state index contributed by atoms with van der Waals surface area (Å²) >= 11 is 1.47. The predicted octanol–water partition coefficient (Wildman–Crippen LogP) is 0.926. The lowest BCUT2D eigenvalue weighted by atomic mass is 10.3. The molecule has 0 bridgehead atoms. The van der Waals surface area contributed by atoms with Crippen LogP contribution in [-0.4, -0.2) is 55.3 Å². The summed E-state index contributed by atoms with van der Waals surface area (Å²) in [5, 5.41) is 19.0. The summed E-state index contributed by atoms with van der Waals surface area (Å²) in [6.07, 6.45) is 3.20. The van der Waals surface area contributed by atoms with E-state index in [4.69, 9.17) is 4.74 Å². The summed E-state index contributed by atoms with van der Waals surface area (Å²) in [7, 11) is 3.37. The van der Waals surface area contributed by atoms with Crippen molar-refractivity contribution in [2.75, 3.05) is 19.4 Å². The van der Waals surface area contributed by atoms with Crippen LogP contribution in [0.3, 0.4) is 0 Å². The molecule has 0 unspecified atom stereocenters. The third kappa shape index (κ3) is 3.97. The van der Waals surface area contributed by atoms with Crippen molar-refractivity contribution in [1.29, 1.82) is 0 Å². The molecule has 9 nitrogen and oxygen atoms in total. The number of para-hydroxylation sites is 2. The van der Waals surface area contributed by atoms with E-state index in [1.54, 1.807) is 29.7 Å². The molecule has 0 spiro atoms. The van der Waals surface area contributed by atoms with Crippen molar-refractivity contribution in [3.63, 3.8) is 0 Å². The monoisotopic (exact) mass is 359 g/mol. The Bertz CT molecular complexity index is 861. The quantitative estimate of drug-likeness (QED) is 0.495. The van der Waals surface area contributed by atoms with Gasteiger partial charge in [0.25, 0.3) is 5.91 Å². The molecule has 25 heavy (non-hydrogen) atoms. The molecular weight excluding hydrogens is 342 g/mol. The lowest BCUT2D eigenvalue weighted by Crippen LogP contribution is -2.25. The fraction of sp³-hybridized carbons (Fsp3) is 0.267. The molecule has 2 heterocycles. The first-order chi connectivity index (χ1) is 12.2. The van der Waals surface area contributed by atoms with Gasteiger partial charge in [-0.3, -0.25) is 4.79 Å². The molecule has 0 aliphatic rings. The highest BCUT2D eigenvalue weighted by molar-refractivity contribution is 7.99. The number of carbonyl (C=O) groups is 1. The third-order valence-corrected chi connectivity index (χ3v) is 4.39. The summed E-state index contributed by atoms with van der Waals surface area (Å²) in [5.41, 5.74) is 1.26. The molecule has 0 aliphatic heterocycles. The number of ether oxygens (including phenoxy) is 1. The Morgan fingerprint density at radius 2 is 2.20 bits per heavy atom. The predicted molar refractivity (Wildman–Crippen MR) is 92.0 cm³/mol. The lowest BCUT2D eigenvalue weighted by molar-refractivity contribution is 0.0956. The minimum absolute atomic E-state index is 0.183. The zero-order valence-corrected chi connectivity index (χ0v) is 14.6. The smallest absolute Gasteiger partial charge is 0.254 e. The van der Waals surface area contributed by atoms with E-state index < -0.39 is 0 Å². The molecule has 0 aliphatic carbocycles. The largest absolute Gasteiger partial charge is 0.494 e. The van der Waals surface area contributed by atoms with Gasteiger partial charge in [-0.05, 0) is 22.6 Å². The van der Waals surface area contributed by atoms with Crippen molar-refractivity contribution >= 4 is 17.7 Å². The molecular formula is C15H17N7O2S. The second-order valence-corrected chi connectivity index (χ2v) is 6.10. The van der Waals surface area contributed by atoms with E-state index in [0.717, 1.165) is 5.69 Å². The first-order valence-corrected chi connectivity index (χ1v) is 8.49. The van der Waals surface area contributed by atoms with Crippen LogP contribution in [0.4, 0.5) is 0 Å². The zero-order valence-electron chi connectivity index (χ0n) is 13.8. The van der Waals surface area contributed by atoms with E-state index in [1.807, 2.05) is 24.3 Å². The molecule has 0 saturated carbocycles. The Hall–Kier alpha value is -2.88. The second kappa shape index (κ2) is 7.79. The number of nitrogens with one attached hydrogen (secondary N) is 1. The van der Waals surface area contributed by atoms with Crippen LogP contribution in [0.5, 0.6) is 5.75 Å². The first-order valence-electron chi connectivity index (χ1n) is 7.50. The number of rotatable bonds is 7. The fourth-order valence-corrected chi connectivity index (χ4v) is 2.85. The molecule has 10 heteroatoms. The molecule has 2 aromatic heterocycles. The van der Waals surface area contributed by atoms with Gasteiger partial charge in [0, 0.05) is 25.5 Å². The number of nitrogens with zero attached hydrogens (tertiary/aromatic N) is 6.